The van der Waals surface area contributed by atoms with Crippen molar-refractivity contribution in [2.75, 3.05) is 6.61 Å². The molecule has 0 bridgehead atoms. The lowest BCUT2D eigenvalue weighted by molar-refractivity contribution is 0.0939. The van der Waals surface area contributed by atoms with Gasteiger partial charge in [-0.1, -0.05) is 54.1 Å². The minimum atomic E-state index is -0.160. The van der Waals surface area contributed by atoms with Crippen LogP contribution in [0.25, 0.3) is 10.8 Å². The maximum atomic E-state index is 12.9. The predicted octanol–water partition coefficient (Wildman–Crippen LogP) is 6.96. The molecule has 0 unspecified atom stereocenters. The van der Waals surface area contributed by atoms with E-state index >= 15 is 0 Å². The van der Waals surface area contributed by atoms with Crippen molar-refractivity contribution in [3.05, 3.63) is 107 Å². The molecule has 0 spiro atoms. The summed E-state index contributed by atoms with van der Waals surface area (Å²) in [5, 5.41) is 5.98. The summed E-state index contributed by atoms with van der Waals surface area (Å²) in [4.78, 5) is 12.9. The molecule has 0 saturated carbocycles. The van der Waals surface area contributed by atoms with Crippen molar-refractivity contribution in [2.45, 2.75) is 26.5 Å². The van der Waals surface area contributed by atoms with E-state index in [-0.39, 0.29) is 11.9 Å². The van der Waals surface area contributed by atoms with Crippen molar-refractivity contribution in [1.82, 2.24) is 5.32 Å². The molecule has 4 nitrogen and oxygen atoms in total. The molecule has 0 aliphatic heterocycles. The van der Waals surface area contributed by atoms with Crippen LogP contribution in [0.5, 0.6) is 11.5 Å². The van der Waals surface area contributed by atoms with Gasteiger partial charge in [-0.05, 0) is 72.6 Å². The van der Waals surface area contributed by atoms with Gasteiger partial charge in [0.2, 0.25) is 0 Å². The Morgan fingerprint density at radius 2 is 1.67 bits per heavy atom. The molecular formula is C28H26ClNO3. The summed E-state index contributed by atoms with van der Waals surface area (Å²) in [7, 11) is 0. The summed E-state index contributed by atoms with van der Waals surface area (Å²) >= 11 is 5.97. The van der Waals surface area contributed by atoms with E-state index in [1.54, 1.807) is 6.07 Å². The zero-order valence-corrected chi connectivity index (χ0v) is 19.4. The Hall–Kier alpha value is -3.50. The minimum Gasteiger partial charge on any atom is -0.493 e. The molecule has 1 atom stereocenters. The SMILES string of the molecule is CCOc1ccc(C(=O)N[C@H](C)c2ccc(Cl)cc2)cc1COc1ccc2ccccc2c1. The number of hydrogen-bond donors (Lipinski definition) is 1. The Kier molecular flexibility index (Phi) is 7.16. The second-order valence-electron chi connectivity index (χ2n) is 7.80. The molecule has 0 fully saturated rings. The number of nitrogens with one attached hydrogen (secondary N) is 1. The lowest BCUT2D eigenvalue weighted by atomic mass is 10.1. The van der Waals surface area contributed by atoms with Crippen molar-refractivity contribution >= 4 is 28.3 Å². The van der Waals surface area contributed by atoms with E-state index in [1.807, 2.05) is 80.6 Å². The van der Waals surface area contributed by atoms with Gasteiger partial charge in [0.1, 0.15) is 18.1 Å². The number of amides is 1. The normalized spacial score (nSPS) is 11.7. The largest absolute Gasteiger partial charge is 0.493 e. The molecular weight excluding hydrogens is 434 g/mol. The zero-order chi connectivity index (χ0) is 23.2. The molecule has 33 heavy (non-hydrogen) atoms. The van der Waals surface area contributed by atoms with E-state index in [2.05, 4.69) is 17.4 Å². The van der Waals surface area contributed by atoms with Crippen LogP contribution >= 0.6 is 11.6 Å². The van der Waals surface area contributed by atoms with E-state index in [0.717, 1.165) is 27.6 Å². The molecule has 0 aromatic heterocycles. The molecule has 0 aliphatic carbocycles. The summed E-state index contributed by atoms with van der Waals surface area (Å²) < 4.78 is 11.8. The predicted molar refractivity (Wildman–Crippen MR) is 133 cm³/mol. The first-order valence-corrected chi connectivity index (χ1v) is 11.3. The Morgan fingerprint density at radius 1 is 0.909 bits per heavy atom. The second kappa shape index (κ2) is 10.4. The molecule has 4 rings (SSSR count). The molecule has 1 N–H and O–H groups in total. The number of hydrogen-bond acceptors (Lipinski definition) is 3. The molecule has 0 radical (unpaired) electrons. The minimum absolute atomic E-state index is 0.154. The van der Waals surface area contributed by atoms with Crippen LogP contribution in [0, 0.1) is 0 Å². The third kappa shape index (κ3) is 5.65. The number of fused-ring (bicyclic) bond motifs is 1. The lowest BCUT2D eigenvalue weighted by Gasteiger charge is -2.16. The Bertz CT molecular complexity index is 1250. The van der Waals surface area contributed by atoms with Crippen molar-refractivity contribution in [3.8, 4) is 11.5 Å². The first-order valence-electron chi connectivity index (χ1n) is 11.0. The zero-order valence-electron chi connectivity index (χ0n) is 18.7. The Balaban J connectivity index is 1.50. The van der Waals surface area contributed by atoms with Crippen molar-refractivity contribution in [3.63, 3.8) is 0 Å². The average molecular weight is 460 g/mol. The summed E-state index contributed by atoms with van der Waals surface area (Å²) in [5.74, 6) is 1.32. The van der Waals surface area contributed by atoms with Gasteiger partial charge >= 0.3 is 0 Å². The quantitative estimate of drug-likeness (QED) is 0.309. The molecule has 0 heterocycles. The van der Waals surface area contributed by atoms with Gasteiger partial charge in [-0.3, -0.25) is 4.79 Å². The fourth-order valence-electron chi connectivity index (χ4n) is 3.66. The summed E-state index contributed by atoms with van der Waals surface area (Å²) in [6.45, 7) is 4.70. The van der Waals surface area contributed by atoms with Crippen molar-refractivity contribution in [2.24, 2.45) is 0 Å². The second-order valence-corrected chi connectivity index (χ2v) is 8.24. The number of benzene rings is 4. The fraction of sp³-hybridized carbons (Fsp3) is 0.179. The van der Waals surface area contributed by atoms with Gasteiger partial charge in [-0.25, -0.2) is 0 Å². The van der Waals surface area contributed by atoms with Crippen LogP contribution in [0.4, 0.5) is 0 Å². The molecule has 1 amide bonds. The molecule has 4 aromatic rings. The highest BCUT2D eigenvalue weighted by Gasteiger charge is 2.15. The number of ether oxygens (including phenoxy) is 2. The van der Waals surface area contributed by atoms with Gasteiger partial charge in [0.15, 0.2) is 0 Å². The lowest BCUT2D eigenvalue weighted by Crippen LogP contribution is -2.26. The van der Waals surface area contributed by atoms with E-state index in [0.29, 0.717) is 29.5 Å². The van der Waals surface area contributed by atoms with Crippen molar-refractivity contribution < 1.29 is 14.3 Å². The van der Waals surface area contributed by atoms with Gasteiger partial charge in [0.05, 0.1) is 12.6 Å². The van der Waals surface area contributed by atoms with Gasteiger partial charge in [-0.15, -0.1) is 0 Å². The molecule has 168 valence electrons. The van der Waals surface area contributed by atoms with Crippen LogP contribution in [-0.2, 0) is 6.61 Å². The van der Waals surface area contributed by atoms with E-state index in [9.17, 15) is 4.79 Å². The first kappa shape index (κ1) is 22.7. The van der Waals surface area contributed by atoms with Crippen LogP contribution < -0.4 is 14.8 Å². The fourth-order valence-corrected chi connectivity index (χ4v) is 3.79. The maximum absolute atomic E-state index is 12.9. The third-order valence-corrected chi connectivity index (χ3v) is 5.71. The summed E-state index contributed by atoms with van der Waals surface area (Å²) in [6.07, 6.45) is 0. The molecule has 0 saturated heterocycles. The smallest absolute Gasteiger partial charge is 0.251 e. The highest BCUT2D eigenvalue weighted by atomic mass is 35.5. The van der Waals surface area contributed by atoms with Crippen LogP contribution in [0.15, 0.2) is 84.9 Å². The third-order valence-electron chi connectivity index (χ3n) is 5.46. The molecule has 0 aliphatic rings. The monoisotopic (exact) mass is 459 g/mol. The molecule has 4 aromatic carbocycles. The van der Waals surface area contributed by atoms with Crippen molar-refractivity contribution in [1.29, 1.82) is 0 Å². The summed E-state index contributed by atoms with van der Waals surface area (Å²) in [6, 6.07) is 26.9. The van der Waals surface area contributed by atoms with Gasteiger partial charge in [0.25, 0.3) is 5.91 Å². The van der Waals surface area contributed by atoms with Crippen LogP contribution in [0.1, 0.15) is 41.4 Å². The van der Waals surface area contributed by atoms with E-state index in [1.165, 1.54) is 0 Å². The number of carbonyl (C=O) groups excluding carboxylic acids is 1. The van der Waals surface area contributed by atoms with E-state index < -0.39 is 0 Å². The Labute approximate surface area is 199 Å². The average Bonchev–Trinajstić information content (AvgIpc) is 2.83. The van der Waals surface area contributed by atoms with Crippen LogP contribution in [0.2, 0.25) is 5.02 Å². The highest BCUT2D eigenvalue weighted by Crippen LogP contribution is 2.26. The van der Waals surface area contributed by atoms with Gasteiger partial charge < -0.3 is 14.8 Å². The highest BCUT2D eigenvalue weighted by molar-refractivity contribution is 6.30. The standard InChI is InChI=1S/C28H26ClNO3/c1-3-32-27-15-11-23(28(31)30-19(2)20-8-12-25(29)13-9-20)16-24(27)18-33-26-14-10-21-6-4-5-7-22(21)17-26/h4-17,19H,3,18H2,1-2H3,(H,30,31)/t19-/m1/s1. The number of rotatable bonds is 8. The number of halogens is 1. The molecule has 5 heteroatoms. The van der Waals surface area contributed by atoms with E-state index in [4.69, 9.17) is 21.1 Å². The van der Waals surface area contributed by atoms with Crippen LogP contribution in [0.3, 0.4) is 0 Å². The topological polar surface area (TPSA) is 47.6 Å². The van der Waals surface area contributed by atoms with Crippen LogP contribution in [-0.4, -0.2) is 12.5 Å². The number of carbonyl (C=O) groups is 1. The van der Waals surface area contributed by atoms with Gasteiger partial charge in [-0.2, -0.15) is 0 Å². The first-order chi connectivity index (χ1) is 16.0. The summed E-state index contributed by atoms with van der Waals surface area (Å²) in [5.41, 5.74) is 2.35. The van der Waals surface area contributed by atoms with Gasteiger partial charge in [0, 0.05) is 16.1 Å². The Morgan fingerprint density at radius 3 is 2.42 bits per heavy atom. The maximum Gasteiger partial charge on any atom is 0.251 e.